The molecule has 0 fully saturated rings. The van der Waals surface area contributed by atoms with E-state index in [4.69, 9.17) is 0 Å². The van der Waals surface area contributed by atoms with Crippen LogP contribution in [0.1, 0.15) is 21.5 Å². The lowest BCUT2D eigenvalue weighted by atomic mass is 9.95. The molecule has 1 aliphatic rings. The van der Waals surface area contributed by atoms with Gasteiger partial charge in [0, 0.05) is 12.1 Å². The molecule has 2 aromatic carbocycles. The maximum Gasteiger partial charge on any atom is 0.257 e. The topological polar surface area (TPSA) is 54.0 Å². The zero-order valence-corrected chi connectivity index (χ0v) is 13.0. The second kappa shape index (κ2) is 5.72. The number of fused-ring (bicyclic) bond motifs is 2. The minimum atomic E-state index is -0.246. The molecule has 1 amide bonds. The number of rotatable bonds is 2. The van der Waals surface area contributed by atoms with Crippen molar-refractivity contribution in [1.82, 2.24) is 10.3 Å². The fourth-order valence-corrected chi connectivity index (χ4v) is 3.73. The lowest BCUT2D eigenvalue weighted by molar-refractivity contribution is 0.102. The summed E-state index contributed by atoms with van der Waals surface area (Å²) in [6, 6.07) is 10.6. The van der Waals surface area contributed by atoms with Crippen LogP contribution in [-0.2, 0) is 13.0 Å². The Morgan fingerprint density at radius 3 is 2.96 bits per heavy atom. The summed E-state index contributed by atoms with van der Waals surface area (Å²) in [4.78, 5) is 17.0. The molecule has 2 N–H and O–H groups in total. The number of carbonyl (C=O) groups is 1. The first-order chi connectivity index (χ1) is 11.2. The van der Waals surface area contributed by atoms with E-state index in [0.29, 0.717) is 29.2 Å². The standard InChI is InChI=1S/C17H14FN3OS/c18-13-6-5-11(12-9-19-8-7-10(12)13)16(22)21-17-20-14-3-1-2-4-15(14)23-17/h1-6,19H,7-9H2,(H,20,21,22). The van der Waals surface area contributed by atoms with E-state index in [-0.39, 0.29) is 11.7 Å². The third-order valence-corrected chi connectivity index (χ3v) is 4.94. The average molecular weight is 327 g/mol. The molecule has 0 unspecified atom stereocenters. The Hall–Kier alpha value is -2.31. The zero-order chi connectivity index (χ0) is 15.8. The van der Waals surface area contributed by atoms with Crippen LogP contribution in [0.5, 0.6) is 0 Å². The Kier molecular flexibility index (Phi) is 3.55. The van der Waals surface area contributed by atoms with Crippen LogP contribution in [0.15, 0.2) is 36.4 Å². The van der Waals surface area contributed by atoms with E-state index >= 15 is 0 Å². The molecule has 0 saturated heterocycles. The molecule has 6 heteroatoms. The quantitative estimate of drug-likeness (QED) is 0.759. The number of nitrogens with zero attached hydrogens (tertiary/aromatic N) is 1. The number of hydrogen-bond donors (Lipinski definition) is 2. The Bertz CT molecular complexity index is 873. The predicted octanol–water partition coefficient (Wildman–Crippen LogP) is 3.33. The number of nitrogens with one attached hydrogen (secondary N) is 2. The summed E-state index contributed by atoms with van der Waals surface area (Å²) in [5.74, 6) is -0.484. The third kappa shape index (κ3) is 2.60. The number of carbonyl (C=O) groups excluding carboxylic acids is 1. The summed E-state index contributed by atoms with van der Waals surface area (Å²) in [6.45, 7) is 1.24. The maximum absolute atomic E-state index is 13.9. The molecule has 0 radical (unpaired) electrons. The zero-order valence-electron chi connectivity index (χ0n) is 12.2. The SMILES string of the molecule is O=C(Nc1nc2ccccc2s1)c1ccc(F)c2c1CNCC2. The second-order valence-corrected chi connectivity index (χ2v) is 6.45. The minimum absolute atomic E-state index is 0.238. The number of anilines is 1. The van der Waals surface area contributed by atoms with Gasteiger partial charge in [-0.3, -0.25) is 10.1 Å². The summed E-state index contributed by atoms with van der Waals surface area (Å²) in [5.41, 5.74) is 2.75. The average Bonchev–Trinajstić information content (AvgIpc) is 2.97. The molecule has 2 heterocycles. The first-order valence-corrected chi connectivity index (χ1v) is 8.22. The summed E-state index contributed by atoms with van der Waals surface area (Å²) < 4.78 is 14.9. The van der Waals surface area contributed by atoms with Crippen molar-refractivity contribution in [2.75, 3.05) is 11.9 Å². The van der Waals surface area contributed by atoms with Gasteiger partial charge in [0.25, 0.3) is 5.91 Å². The van der Waals surface area contributed by atoms with E-state index in [1.165, 1.54) is 17.4 Å². The minimum Gasteiger partial charge on any atom is -0.312 e. The predicted molar refractivity (Wildman–Crippen MR) is 89.4 cm³/mol. The molecule has 23 heavy (non-hydrogen) atoms. The van der Waals surface area contributed by atoms with Gasteiger partial charge in [-0.1, -0.05) is 23.5 Å². The van der Waals surface area contributed by atoms with E-state index in [2.05, 4.69) is 15.6 Å². The molecular weight excluding hydrogens is 313 g/mol. The van der Waals surface area contributed by atoms with Gasteiger partial charge in [-0.15, -0.1) is 0 Å². The Balaban J connectivity index is 1.67. The molecule has 1 aliphatic heterocycles. The smallest absolute Gasteiger partial charge is 0.257 e. The van der Waals surface area contributed by atoms with Crippen molar-refractivity contribution in [3.8, 4) is 0 Å². The molecular formula is C17H14FN3OS. The lowest BCUT2D eigenvalue weighted by Gasteiger charge is -2.20. The van der Waals surface area contributed by atoms with Crippen LogP contribution in [0.2, 0.25) is 0 Å². The molecule has 1 aromatic heterocycles. The van der Waals surface area contributed by atoms with Crippen LogP contribution in [-0.4, -0.2) is 17.4 Å². The largest absolute Gasteiger partial charge is 0.312 e. The van der Waals surface area contributed by atoms with Gasteiger partial charge < -0.3 is 5.32 Å². The number of hydrogen-bond acceptors (Lipinski definition) is 4. The van der Waals surface area contributed by atoms with Crippen LogP contribution < -0.4 is 10.6 Å². The van der Waals surface area contributed by atoms with E-state index < -0.39 is 0 Å². The van der Waals surface area contributed by atoms with E-state index in [1.807, 2.05) is 24.3 Å². The highest BCUT2D eigenvalue weighted by atomic mass is 32.1. The molecule has 116 valence electrons. The van der Waals surface area contributed by atoms with E-state index in [9.17, 15) is 9.18 Å². The number of para-hydroxylation sites is 1. The van der Waals surface area contributed by atoms with Gasteiger partial charge in [0.2, 0.25) is 0 Å². The van der Waals surface area contributed by atoms with Crippen molar-refractivity contribution in [2.45, 2.75) is 13.0 Å². The van der Waals surface area contributed by atoms with Crippen molar-refractivity contribution >= 4 is 32.6 Å². The van der Waals surface area contributed by atoms with Gasteiger partial charge >= 0.3 is 0 Å². The number of aromatic nitrogens is 1. The first kappa shape index (κ1) is 14.3. The summed E-state index contributed by atoms with van der Waals surface area (Å²) in [7, 11) is 0. The fraction of sp³-hybridized carbons (Fsp3) is 0.176. The number of benzene rings is 2. The molecule has 0 bridgehead atoms. The molecule has 4 nitrogen and oxygen atoms in total. The summed E-state index contributed by atoms with van der Waals surface area (Å²) in [5, 5.41) is 6.58. The van der Waals surface area contributed by atoms with Gasteiger partial charge in [0.15, 0.2) is 5.13 Å². The van der Waals surface area contributed by atoms with Gasteiger partial charge in [0.05, 0.1) is 10.2 Å². The van der Waals surface area contributed by atoms with Crippen molar-refractivity contribution in [3.63, 3.8) is 0 Å². The molecule has 3 aromatic rings. The normalized spacial score (nSPS) is 13.8. The van der Waals surface area contributed by atoms with Crippen molar-refractivity contribution < 1.29 is 9.18 Å². The number of halogens is 1. The van der Waals surface area contributed by atoms with E-state index in [0.717, 1.165) is 22.3 Å². The van der Waals surface area contributed by atoms with E-state index in [1.54, 1.807) is 6.07 Å². The summed E-state index contributed by atoms with van der Waals surface area (Å²) in [6.07, 6.45) is 0.601. The first-order valence-electron chi connectivity index (χ1n) is 7.40. The lowest BCUT2D eigenvalue weighted by Crippen LogP contribution is -2.28. The molecule has 0 aliphatic carbocycles. The van der Waals surface area contributed by atoms with Crippen molar-refractivity contribution in [1.29, 1.82) is 0 Å². The van der Waals surface area contributed by atoms with Gasteiger partial charge in [-0.25, -0.2) is 9.37 Å². The molecule has 0 atom stereocenters. The van der Waals surface area contributed by atoms with Crippen LogP contribution in [0.3, 0.4) is 0 Å². The van der Waals surface area contributed by atoms with Crippen molar-refractivity contribution in [3.05, 3.63) is 58.9 Å². The monoisotopic (exact) mass is 327 g/mol. The highest BCUT2D eigenvalue weighted by molar-refractivity contribution is 7.22. The fourth-order valence-electron chi connectivity index (χ4n) is 2.87. The van der Waals surface area contributed by atoms with Gasteiger partial charge in [-0.05, 0) is 48.4 Å². The Morgan fingerprint density at radius 1 is 1.22 bits per heavy atom. The third-order valence-electron chi connectivity index (χ3n) is 3.99. The van der Waals surface area contributed by atoms with Crippen LogP contribution in [0.25, 0.3) is 10.2 Å². The number of amides is 1. The summed E-state index contributed by atoms with van der Waals surface area (Å²) >= 11 is 1.43. The second-order valence-electron chi connectivity index (χ2n) is 5.42. The van der Waals surface area contributed by atoms with Crippen LogP contribution >= 0.6 is 11.3 Å². The molecule has 0 spiro atoms. The van der Waals surface area contributed by atoms with Gasteiger partial charge in [-0.2, -0.15) is 0 Å². The highest BCUT2D eigenvalue weighted by Crippen LogP contribution is 2.27. The van der Waals surface area contributed by atoms with Crippen LogP contribution in [0, 0.1) is 5.82 Å². The molecule has 0 saturated carbocycles. The maximum atomic E-state index is 13.9. The van der Waals surface area contributed by atoms with Gasteiger partial charge in [0.1, 0.15) is 5.82 Å². The highest BCUT2D eigenvalue weighted by Gasteiger charge is 2.21. The van der Waals surface area contributed by atoms with Crippen LogP contribution in [0.4, 0.5) is 9.52 Å². The number of thiazole rings is 1. The Labute approximate surface area is 136 Å². The van der Waals surface area contributed by atoms with Crippen molar-refractivity contribution in [2.24, 2.45) is 0 Å². The Morgan fingerprint density at radius 2 is 2.09 bits per heavy atom. The molecule has 4 rings (SSSR count).